The molecule has 1 aliphatic rings. The molecule has 0 radical (unpaired) electrons. The zero-order chi connectivity index (χ0) is 16.2. The zero-order valence-electron chi connectivity index (χ0n) is 13.3. The molecule has 120 valence electrons. The Hall–Kier alpha value is -2.20. The quantitative estimate of drug-likeness (QED) is 0.809. The van der Waals surface area contributed by atoms with Gasteiger partial charge in [-0.2, -0.15) is 0 Å². The van der Waals surface area contributed by atoms with Gasteiger partial charge in [-0.25, -0.2) is 4.39 Å². The fourth-order valence-electron chi connectivity index (χ4n) is 2.97. The van der Waals surface area contributed by atoms with Crippen LogP contribution in [0.1, 0.15) is 22.8 Å². The van der Waals surface area contributed by atoms with E-state index in [0.717, 1.165) is 32.7 Å². The van der Waals surface area contributed by atoms with E-state index in [2.05, 4.69) is 34.1 Å². The van der Waals surface area contributed by atoms with E-state index in [1.165, 1.54) is 18.6 Å². The van der Waals surface area contributed by atoms with E-state index in [0.29, 0.717) is 11.3 Å². The van der Waals surface area contributed by atoms with Crippen LogP contribution in [0.2, 0.25) is 0 Å². The number of anilines is 1. The minimum atomic E-state index is -0.311. The Labute approximate surface area is 136 Å². The van der Waals surface area contributed by atoms with Crippen LogP contribution in [0.3, 0.4) is 0 Å². The molecule has 0 spiro atoms. The lowest BCUT2D eigenvalue weighted by molar-refractivity contribution is 0.101. The summed E-state index contributed by atoms with van der Waals surface area (Å²) in [6, 6.07) is 15.2. The Morgan fingerprint density at radius 1 is 1.04 bits per heavy atom. The van der Waals surface area contributed by atoms with Gasteiger partial charge >= 0.3 is 0 Å². The van der Waals surface area contributed by atoms with E-state index in [-0.39, 0.29) is 11.6 Å². The number of carbonyl (C=O) groups is 1. The number of carbonyl (C=O) groups excluding carboxylic acids is 1. The van der Waals surface area contributed by atoms with Crippen molar-refractivity contribution < 1.29 is 9.18 Å². The summed E-state index contributed by atoms with van der Waals surface area (Å²) < 4.78 is 14.2. The Morgan fingerprint density at radius 2 is 1.74 bits per heavy atom. The molecule has 1 fully saturated rings. The first-order valence-corrected chi connectivity index (χ1v) is 7.95. The molecule has 3 nitrogen and oxygen atoms in total. The van der Waals surface area contributed by atoms with Crippen molar-refractivity contribution in [1.82, 2.24) is 4.90 Å². The number of rotatable bonds is 4. The van der Waals surface area contributed by atoms with Gasteiger partial charge in [-0.1, -0.05) is 30.3 Å². The fraction of sp³-hybridized carbons (Fsp3) is 0.316. The largest absolute Gasteiger partial charge is 0.367 e. The second-order valence-electron chi connectivity index (χ2n) is 5.97. The molecule has 1 saturated heterocycles. The maximum Gasteiger partial charge on any atom is 0.159 e. The van der Waals surface area contributed by atoms with Crippen molar-refractivity contribution in [2.24, 2.45) is 0 Å². The molecule has 2 aromatic carbocycles. The monoisotopic (exact) mass is 312 g/mol. The van der Waals surface area contributed by atoms with Crippen LogP contribution in [0.5, 0.6) is 0 Å². The number of halogens is 1. The van der Waals surface area contributed by atoms with Gasteiger partial charge in [0.25, 0.3) is 0 Å². The van der Waals surface area contributed by atoms with Crippen LogP contribution in [0, 0.1) is 5.82 Å². The van der Waals surface area contributed by atoms with Gasteiger partial charge in [-0.3, -0.25) is 9.69 Å². The second kappa shape index (κ2) is 6.92. The van der Waals surface area contributed by atoms with E-state index in [4.69, 9.17) is 0 Å². The third-order valence-electron chi connectivity index (χ3n) is 4.32. The minimum absolute atomic E-state index is 0.108. The molecule has 0 amide bonds. The third-order valence-corrected chi connectivity index (χ3v) is 4.32. The summed E-state index contributed by atoms with van der Waals surface area (Å²) in [6.07, 6.45) is 0. The zero-order valence-corrected chi connectivity index (χ0v) is 13.3. The summed E-state index contributed by atoms with van der Waals surface area (Å²) in [7, 11) is 0. The number of nitrogens with zero attached hydrogens (tertiary/aromatic N) is 2. The molecular weight excluding hydrogens is 291 g/mol. The Kier molecular flexibility index (Phi) is 4.72. The molecule has 0 N–H and O–H groups in total. The van der Waals surface area contributed by atoms with Crippen molar-refractivity contribution in [2.45, 2.75) is 13.5 Å². The summed E-state index contributed by atoms with van der Waals surface area (Å²) in [6.45, 7) is 5.79. The number of ketones is 1. The van der Waals surface area contributed by atoms with Gasteiger partial charge in [0.05, 0.1) is 5.69 Å². The van der Waals surface area contributed by atoms with Gasteiger partial charge in [-0.15, -0.1) is 0 Å². The summed E-state index contributed by atoms with van der Waals surface area (Å²) in [5.41, 5.74) is 2.32. The standard InChI is InChI=1S/C19H21FN2O/c1-15(23)17-7-8-19(18(20)13-17)22-11-9-21(10-12-22)14-16-5-3-2-4-6-16/h2-8,13H,9-12,14H2,1H3. The Bertz CT molecular complexity index is 679. The number of hydrogen-bond donors (Lipinski definition) is 0. The average Bonchev–Trinajstić information content (AvgIpc) is 2.56. The van der Waals surface area contributed by atoms with Gasteiger partial charge in [0.2, 0.25) is 0 Å². The van der Waals surface area contributed by atoms with Crippen LogP contribution in [-0.4, -0.2) is 36.9 Å². The highest BCUT2D eigenvalue weighted by Crippen LogP contribution is 2.22. The lowest BCUT2D eigenvalue weighted by atomic mass is 10.1. The van der Waals surface area contributed by atoms with Crippen molar-refractivity contribution in [2.75, 3.05) is 31.1 Å². The summed E-state index contributed by atoms with van der Waals surface area (Å²) in [5.74, 6) is -0.419. The molecule has 0 aliphatic carbocycles. The number of benzene rings is 2. The first-order chi connectivity index (χ1) is 11.1. The topological polar surface area (TPSA) is 23.6 Å². The van der Waals surface area contributed by atoms with E-state index in [1.54, 1.807) is 12.1 Å². The van der Waals surface area contributed by atoms with Gasteiger partial charge in [0.1, 0.15) is 5.82 Å². The molecule has 1 heterocycles. The molecule has 4 heteroatoms. The molecule has 0 atom stereocenters. The van der Waals surface area contributed by atoms with E-state index in [9.17, 15) is 9.18 Å². The van der Waals surface area contributed by atoms with Crippen LogP contribution >= 0.6 is 0 Å². The van der Waals surface area contributed by atoms with Crippen LogP contribution in [0.25, 0.3) is 0 Å². The molecular formula is C19H21FN2O. The molecule has 0 unspecified atom stereocenters. The lowest BCUT2D eigenvalue weighted by Crippen LogP contribution is -2.46. The van der Waals surface area contributed by atoms with Gasteiger partial charge < -0.3 is 4.90 Å². The average molecular weight is 312 g/mol. The summed E-state index contributed by atoms with van der Waals surface area (Å²) in [4.78, 5) is 15.8. The SMILES string of the molecule is CC(=O)c1ccc(N2CCN(Cc3ccccc3)CC2)c(F)c1. The highest BCUT2D eigenvalue weighted by molar-refractivity contribution is 5.94. The normalized spacial score (nSPS) is 15.7. The van der Waals surface area contributed by atoms with E-state index in [1.807, 2.05) is 6.07 Å². The molecule has 1 aliphatic heterocycles. The number of hydrogen-bond acceptors (Lipinski definition) is 3. The molecule has 0 aromatic heterocycles. The highest BCUT2D eigenvalue weighted by Gasteiger charge is 2.20. The number of piperazine rings is 1. The van der Waals surface area contributed by atoms with Crippen LogP contribution in [0.4, 0.5) is 10.1 Å². The molecule has 0 saturated carbocycles. The van der Waals surface area contributed by atoms with Crippen molar-refractivity contribution in [1.29, 1.82) is 0 Å². The predicted octanol–water partition coefficient (Wildman–Crippen LogP) is 3.35. The van der Waals surface area contributed by atoms with Gasteiger partial charge in [0.15, 0.2) is 5.78 Å². The molecule has 3 rings (SSSR count). The predicted molar refractivity (Wildman–Crippen MR) is 90.3 cm³/mol. The van der Waals surface area contributed by atoms with Crippen LogP contribution in [0.15, 0.2) is 48.5 Å². The van der Waals surface area contributed by atoms with Crippen molar-refractivity contribution in [3.8, 4) is 0 Å². The highest BCUT2D eigenvalue weighted by atomic mass is 19.1. The fourth-order valence-corrected chi connectivity index (χ4v) is 2.97. The van der Waals surface area contributed by atoms with Crippen LogP contribution < -0.4 is 4.90 Å². The number of Topliss-reactive ketones (excluding diaryl/α,β-unsaturated/α-hetero) is 1. The molecule has 2 aromatic rings. The van der Waals surface area contributed by atoms with Gasteiger partial charge in [-0.05, 0) is 30.7 Å². The first kappa shape index (κ1) is 15.7. The third kappa shape index (κ3) is 3.77. The van der Waals surface area contributed by atoms with Crippen molar-refractivity contribution >= 4 is 11.5 Å². The van der Waals surface area contributed by atoms with Crippen molar-refractivity contribution in [3.05, 3.63) is 65.5 Å². The van der Waals surface area contributed by atoms with Crippen molar-refractivity contribution in [3.63, 3.8) is 0 Å². The summed E-state index contributed by atoms with van der Waals surface area (Å²) in [5, 5.41) is 0. The van der Waals surface area contributed by atoms with Crippen LogP contribution in [-0.2, 0) is 6.54 Å². The second-order valence-corrected chi connectivity index (χ2v) is 5.97. The van der Waals surface area contributed by atoms with Gasteiger partial charge in [0, 0.05) is 38.3 Å². The Balaban J connectivity index is 1.62. The van der Waals surface area contributed by atoms with E-state index >= 15 is 0 Å². The Morgan fingerprint density at radius 3 is 2.35 bits per heavy atom. The maximum atomic E-state index is 14.2. The smallest absolute Gasteiger partial charge is 0.159 e. The first-order valence-electron chi connectivity index (χ1n) is 7.95. The molecule has 0 bridgehead atoms. The maximum absolute atomic E-state index is 14.2. The molecule has 23 heavy (non-hydrogen) atoms. The lowest BCUT2D eigenvalue weighted by Gasteiger charge is -2.36. The summed E-state index contributed by atoms with van der Waals surface area (Å²) >= 11 is 0. The minimum Gasteiger partial charge on any atom is -0.367 e. The van der Waals surface area contributed by atoms with E-state index < -0.39 is 0 Å².